The molecule has 5 heteroatoms. The minimum absolute atomic E-state index is 0.105. The standard InChI is InChI=1S/C21H23NO4/c1-20(17-11-7-4-8-12-17)15-21(26-2,19(24)25)13-14-22(20)18(23)16-9-5-3-6-10-16/h3-12H,13-15H2,1-2H3,(H,24,25). The molecule has 1 saturated heterocycles. The molecular formula is C21H23NO4. The molecule has 2 aromatic carbocycles. The van der Waals surface area contributed by atoms with Crippen molar-refractivity contribution in [1.82, 2.24) is 4.90 Å². The van der Waals surface area contributed by atoms with Crippen LogP contribution >= 0.6 is 0 Å². The van der Waals surface area contributed by atoms with Gasteiger partial charge in [0.2, 0.25) is 0 Å². The highest BCUT2D eigenvalue weighted by Gasteiger charge is 2.53. The molecule has 1 amide bonds. The number of carboxylic acids is 1. The number of likely N-dealkylation sites (tertiary alicyclic amines) is 1. The van der Waals surface area contributed by atoms with Crippen molar-refractivity contribution in [2.75, 3.05) is 13.7 Å². The Kier molecular flexibility index (Phi) is 4.83. The molecule has 0 aromatic heterocycles. The lowest BCUT2D eigenvalue weighted by atomic mass is 9.74. The number of aliphatic carboxylic acids is 1. The van der Waals surface area contributed by atoms with Crippen LogP contribution in [-0.2, 0) is 15.1 Å². The highest BCUT2D eigenvalue weighted by atomic mass is 16.5. The Bertz CT molecular complexity index is 792. The topological polar surface area (TPSA) is 66.8 Å². The highest BCUT2D eigenvalue weighted by Crippen LogP contribution is 2.44. The fourth-order valence-electron chi connectivity index (χ4n) is 3.84. The van der Waals surface area contributed by atoms with Crippen molar-refractivity contribution >= 4 is 11.9 Å². The van der Waals surface area contributed by atoms with E-state index in [0.29, 0.717) is 12.1 Å². The van der Waals surface area contributed by atoms with Crippen LogP contribution in [0.25, 0.3) is 0 Å². The maximum absolute atomic E-state index is 13.2. The maximum atomic E-state index is 13.2. The van der Waals surface area contributed by atoms with Gasteiger partial charge in [0.25, 0.3) is 5.91 Å². The summed E-state index contributed by atoms with van der Waals surface area (Å²) in [5.74, 6) is -1.10. The number of ether oxygens (including phenoxy) is 1. The summed E-state index contributed by atoms with van der Waals surface area (Å²) in [5, 5.41) is 9.78. The Morgan fingerprint density at radius 3 is 2.15 bits per heavy atom. The summed E-state index contributed by atoms with van der Waals surface area (Å²) in [6.45, 7) is 2.22. The van der Waals surface area contributed by atoms with Crippen LogP contribution < -0.4 is 0 Å². The summed E-state index contributed by atoms with van der Waals surface area (Å²) in [7, 11) is 1.42. The van der Waals surface area contributed by atoms with Gasteiger partial charge in [-0.3, -0.25) is 4.79 Å². The molecule has 1 N–H and O–H groups in total. The lowest BCUT2D eigenvalue weighted by molar-refractivity contribution is -0.175. The zero-order valence-electron chi connectivity index (χ0n) is 15.0. The molecule has 5 nitrogen and oxygen atoms in total. The van der Waals surface area contributed by atoms with Crippen LogP contribution in [0.3, 0.4) is 0 Å². The second-order valence-electron chi connectivity index (χ2n) is 6.89. The second kappa shape index (κ2) is 6.92. The van der Waals surface area contributed by atoms with E-state index in [1.54, 1.807) is 17.0 Å². The summed E-state index contributed by atoms with van der Waals surface area (Å²) in [5.41, 5.74) is -0.611. The van der Waals surface area contributed by atoms with Gasteiger partial charge < -0.3 is 14.7 Å². The van der Waals surface area contributed by atoms with Crippen molar-refractivity contribution in [2.45, 2.75) is 30.9 Å². The molecule has 0 bridgehead atoms. The fraction of sp³-hybridized carbons (Fsp3) is 0.333. The van der Waals surface area contributed by atoms with E-state index >= 15 is 0 Å². The van der Waals surface area contributed by atoms with Crippen molar-refractivity contribution in [2.24, 2.45) is 0 Å². The first kappa shape index (κ1) is 18.1. The largest absolute Gasteiger partial charge is 0.479 e. The monoisotopic (exact) mass is 353 g/mol. The van der Waals surface area contributed by atoms with Crippen LogP contribution in [0.2, 0.25) is 0 Å². The smallest absolute Gasteiger partial charge is 0.336 e. The third-order valence-corrected chi connectivity index (χ3v) is 5.41. The van der Waals surface area contributed by atoms with Crippen LogP contribution in [0, 0.1) is 0 Å². The molecule has 2 atom stereocenters. The molecule has 3 rings (SSSR count). The molecule has 1 aliphatic heterocycles. The molecule has 0 aliphatic carbocycles. The first-order valence-corrected chi connectivity index (χ1v) is 8.64. The van der Waals surface area contributed by atoms with Crippen LogP contribution in [0.15, 0.2) is 60.7 Å². The first-order chi connectivity index (χ1) is 12.4. The molecule has 0 radical (unpaired) electrons. The van der Waals surface area contributed by atoms with E-state index in [1.165, 1.54) is 7.11 Å². The predicted molar refractivity (Wildman–Crippen MR) is 97.9 cm³/mol. The number of rotatable bonds is 4. The van der Waals surface area contributed by atoms with Crippen LogP contribution in [0.5, 0.6) is 0 Å². The highest BCUT2D eigenvalue weighted by molar-refractivity contribution is 5.95. The average Bonchev–Trinajstić information content (AvgIpc) is 2.68. The van der Waals surface area contributed by atoms with E-state index in [9.17, 15) is 14.7 Å². The van der Waals surface area contributed by atoms with Crippen molar-refractivity contribution in [3.05, 3.63) is 71.8 Å². The molecule has 1 heterocycles. The molecule has 136 valence electrons. The minimum Gasteiger partial charge on any atom is -0.479 e. The van der Waals surface area contributed by atoms with E-state index < -0.39 is 17.1 Å². The minimum atomic E-state index is -1.31. The van der Waals surface area contributed by atoms with E-state index in [-0.39, 0.29) is 18.7 Å². The Morgan fingerprint density at radius 1 is 1.04 bits per heavy atom. The number of nitrogens with zero attached hydrogens (tertiary/aromatic N) is 1. The van der Waals surface area contributed by atoms with E-state index in [4.69, 9.17) is 4.74 Å². The number of piperidine rings is 1. The van der Waals surface area contributed by atoms with Gasteiger partial charge in [0.05, 0.1) is 5.54 Å². The number of amides is 1. The van der Waals surface area contributed by atoms with Crippen LogP contribution in [0.4, 0.5) is 0 Å². The molecule has 2 unspecified atom stereocenters. The molecule has 1 aliphatic rings. The Morgan fingerprint density at radius 2 is 1.62 bits per heavy atom. The SMILES string of the molecule is COC1(C(=O)O)CCN(C(=O)c2ccccc2)C(C)(c2ccccc2)C1. The number of hydrogen-bond acceptors (Lipinski definition) is 3. The van der Waals surface area contributed by atoms with Crippen LogP contribution in [-0.4, -0.2) is 41.1 Å². The number of carbonyl (C=O) groups excluding carboxylic acids is 1. The van der Waals surface area contributed by atoms with Gasteiger partial charge in [0, 0.05) is 32.1 Å². The van der Waals surface area contributed by atoms with Crippen LogP contribution in [0.1, 0.15) is 35.7 Å². The molecule has 1 fully saturated rings. The second-order valence-corrected chi connectivity index (χ2v) is 6.89. The third-order valence-electron chi connectivity index (χ3n) is 5.41. The zero-order valence-corrected chi connectivity index (χ0v) is 15.0. The quantitative estimate of drug-likeness (QED) is 0.916. The number of carbonyl (C=O) groups is 2. The summed E-state index contributed by atoms with van der Waals surface area (Å²) < 4.78 is 5.45. The summed E-state index contributed by atoms with van der Waals surface area (Å²) in [4.78, 5) is 26.9. The van der Waals surface area contributed by atoms with Crippen molar-refractivity contribution in [3.8, 4) is 0 Å². The molecule has 2 aromatic rings. The van der Waals surface area contributed by atoms with E-state index in [0.717, 1.165) is 5.56 Å². The number of hydrogen-bond donors (Lipinski definition) is 1. The molecular weight excluding hydrogens is 330 g/mol. The van der Waals surface area contributed by atoms with E-state index in [1.807, 2.05) is 55.5 Å². The van der Waals surface area contributed by atoms with Gasteiger partial charge in [-0.1, -0.05) is 48.5 Å². The van der Waals surface area contributed by atoms with Gasteiger partial charge in [0.1, 0.15) is 0 Å². The Labute approximate surface area is 153 Å². The summed E-state index contributed by atoms with van der Waals surface area (Å²) in [6.07, 6.45) is 0.439. The fourth-order valence-corrected chi connectivity index (χ4v) is 3.84. The number of benzene rings is 2. The van der Waals surface area contributed by atoms with Gasteiger partial charge in [-0.05, 0) is 24.6 Å². The predicted octanol–water partition coefficient (Wildman–Crippen LogP) is 3.31. The number of carboxylic acid groups (broad SMARTS) is 1. The average molecular weight is 353 g/mol. The van der Waals surface area contributed by atoms with Gasteiger partial charge in [-0.2, -0.15) is 0 Å². The number of methoxy groups -OCH3 is 1. The molecule has 0 saturated carbocycles. The summed E-state index contributed by atoms with van der Waals surface area (Å²) >= 11 is 0. The Hall–Kier alpha value is -2.66. The van der Waals surface area contributed by atoms with Crippen molar-refractivity contribution < 1.29 is 19.4 Å². The van der Waals surface area contributed by atoms with Crippen molar-refractivity contribution in [3.63, 3.8) is 0 Å². The molecule has 0 spiro atoms. The first-order valence-electron chi connectivity index (χ1n) is 8.64. The lowest BCUT2D eigenvalue weighted by Crippen LogP contribution is -2.61. The van der Waals surface area contributed by atoms with Gasteiger partial charge >= 0.3 is 5.97 Å². The summed E-state index contributed by atoms with van der Waals surface area (Å²) in [6, 6.07) is 18.6. The maximum Gasteiger partial charge on any atom is 0.336 e. The van der Waals surface area contributed by atoms with Gasteiger partial charge in [-0.25, -0.2) is 4.79 Å². The normalized spacial score (nSPS) is 25.7. The lowest BCUT2D eigenvalue weighted by Gasteiger charge is -2.51. The molecule has 26 heavy (non-hydrogen) atoms. The van der Waals surface area contributed by atoms with Gasteiger partial charge in [-0.15, -0.1) is 0 Å². The van der Waals surface area contributed by atoms with E-state index in [2.05, 4.69) is 0 Å². The Balaban J connectivity index is 2.07. The van der Waals surface area contributed by atoms with Crippen molar-refractivity contribution in [1.29, 1.82) is 0 Å². The zero-order chi connectivity index (χ0) is 18.8. The van der Waals surface area contributed by atoms with Gasteiger partial charge in [0.15, 0.2) is 5.60 Å². The third kappa shape index (κ3) is 2.99.